The number of hydrogen-bond donors (Lipinski definition) is 1. The van der Waals surface area contributed by atoms with Crippen LogP contribution in [0.2, 0.25) is 0 Å². The van der Waals surface area contributed by atoms with E-state index in [1.54, 1.807) is 30.4 Å². The lowest BCUT2D eigenvalue weighted by atomic mass is 9.64. The lowest BCUT2D eigenvalue weighted by molar-refractivity contribution is -0.129. The Morgan fingerprint density at radius 2 is 0.370 bits per heavy atom. The number of carbonyl (C=O) groups is 3. The summed E-state index contributed by atoms with van der Waals surface area (Å²) in [6.45, 7) is 6.06. The van der Waals surface area contributed by atoms with Gasteiger partial charge in [-0.25, -0.2) is 14.4 Å². The topological polar surface area (TPSA) is 99.1 Å². The number of esters is 3. The van der Waals surface area contributed by atoms with E-state index in [9.17, 15) is 19.5 Å². The molecule has 7 heteroatoms. The van der Waals surface area contributed by atoms with Gasteiger partial charge in [-0.1, -0.05) is 376 Å². The lowest BCUT2D eigenvalue weighted by Crippen LogP contribution is -2.31. The highest BCUT2D eigenvalue weighted by molar-refractivity contribution is 5.91. The zero-order valence-corrected chi connectivity index (χ0v) is 66.3. The van der Waals surface area contributed by atoms with Crippen LogP contribution in [0.1, 0.15) is 122 Å². The molecule has 16 aromatic carbocycles. The SMILES string of the molecule is Cc1cc(C(c2ccc(O)cc2)(c2ccc(/C=C/C(=O)Oc3ccc(C(c4ccccc4)(c4ccccc4)c4ccccc4)cc3)c(C)c2)c2ccc(/C=C/C(=O)Oc3ccc(C(c4ccccc4)(c4ccccc4)c4ccccc4)cc3)c(C)c2)ccc1/C=C/C(=O)Oc1ccc(C(c2ccccc2)(c2ccccc2)c2ccccc2)cc1. The molecule has 0 saturated heterocycles. The average molecular weight is 1540 g/mol. The Bertz CT molecular complexity index is 5400. The first-order valence-corrected chi connectivity index (χ1v) is 40.0. The van der Waals surface area contributed by atoms with Crippen LogP contribution in [-0.2, 0) is 36.0 Å². The Morgan fingerprint density at radius 3 is 0.555 bits per heavy atom. The number of carbonyl (C=O) groups excluding carboxylic acids is 3. The summed E-state index contributed by atoms with van der Waals surface area (Å²) in [6.07, 6.45) is 9.71. The second-order valence-corrected chi connectivity index (χ2v) is 29.9. The largest absolute Gasteiger partial charge is 0.508 e. The van der Waals surface area contributed by atoms with E-state index >= 15 is 0 Å². The third-order valence-electron chi connectivity index (χ3n) is 23.0. The zero-order valence-electron chi connectivity index (χ0n) is 66.3. The quantitative estimate of drug-likeness (QED) is 0.0263. The number of hydrogen-bond acceptors (Lipinski definition) is 7. The molecule has 0 amide bonds. The van der Waals surface area contributed by atoms with Crippen molar-refractivity contribution in [3.05, 3.63) is 565 Å². The minimum absolute atomic E-state index is 0.0973. The normalized spacial score (nSPS) is 11.9. The maximum absolute atomic E-state index is 14.0. The number of ether oxygens (including phenoxy) is 3. The number of aryl methyl sites for hydroxylation is 3. The van der Waals surface area contributed by atoms with Crippen LogP contribution >= 0.6 is 0 Å². The van der Waals surface area contributed by atoms with Crippen molar-refractivity contribution in [1.29, 1.82) is 0 Å². The lowest BCUT2D eigenvalue weighted by Gasteiger charge is -2.38. The van der Waals surface area contributed by atoms with Crippen molar-refractivity contribution in [2.45, 2.75) is 42.4 Å². The van der Waals surface area contributed by atoms with Crippen molar-refractivity contribution < 1.29 is 33.7 Å². The first kappa shape index (κ1) is 77.9. The fourth-order valence-electron chi connectivity index (χ4n) is 17.4. The van der Waals surface area contributed by atoms with Crippen molar-refractivity contribution in [1.82, 2.24) is 0 Å². The molecule has 0 bridgehead atoms. The Labute approximate surface area is 696 Å². The van der Waals surface area contributed by atoms with Crippen LogP contribution in [0.15, 0.2) is 443 Å². The van der Waals surface area contributed by atoms with Crippen LogP contribution in [0.25, 0.3) is 18.2 Å². The van der Waals surface area contributed by atoms with Gasteiger partial charge in [-0.3, -0.25) is 0 Å². The van der Waals surface area contributed by atoms with Crippen molar-refractivity contribution in [2.75, 3.05) is 0 Å². The Kier molecular flexibility index (Phi) is 22.9. The Hall–Kier alpha value is -15.1. The van der Waals surface area contributed by atoms with Gasteiger partial charge < -0.3 is 19.3 Å². The molecule has 0 fully saturated rings. The minimum Gasteiger partial charge on any atom is -0.508 e. The van der Waals surface area contributed by atoms with Gasteiger partial charge in [0.15, 0.2) is 0 Å². The van der Waals surface area contributed by atoms with Crippen LogP contribution in [-0.4, -0.2) is 23.0 Å². The Balaban J connectivity index is 0.710. The average Bonchev–Trinajstić information content (AvgIpc) is 0.726. The number of phenols is 1. The molecule has 119 heavy (non-hydrogen) atoms. The van der Waals surface area contributed by atoms with Gasteiger partial charge in [-0.05, 0) is 210 Å². The summed E-state index contributed by atoms with van der Waals surface area (Å²) in [5.41, 5.74) is 18.3. The maximum Gasteiger partial charge on any atom is 0.336 e. The molecule has 0 spiro atoms. The predicted octanol–water partition coefficient (Wildman–Crippen LogP) is 24.7. The fourth-order valence-corrected chi connectivity index (χ4v) is 17.4. The first-order valence-electron chi connectivity index (χ1n) is 40.0. The smallest absolute Gasteiger partial charge is 0.336 e. The zero-order chi connectivity index (χ0) is 81.6. The van der Waals surface area contributed by atoms with Gasteiger partial charge >= 0.3 is 17.9 Å². The highest BCUT2D eigenvalue weighted by Gasteiger charge is 2.43. The third-order valence-corrected chi connectivity index (χ3v) is 23.0. The van der Waals surface area contributed by atoms with E-state index in [2.05, 4.69) is 255 Å². The van der Waals surface area contributed by atoms with E-state index in [1.165, 1.54) is 18.2 Å². The summed E-state index contributed by atoms with van der Waals surface area (Å²) in [6, 6.07) is 144. The van der Waals surface area contributed by atoms with Gasteiger partial charge in [0.1, 0.15) is 23.0 Å². The molecule has 0 atom stereocenters. The molecule has 7 nitrogen and oxygen atoms in total. The second-order valence-electron chi connectivity index (χ2n) is 29.9. The molecule has 0 unspecified atom stereocenters. The minimum atomic E-state index is -1.08. The van der Waals surface area contributed by atoms with E-state index in [-0.39, 0.29) is 5.75 Å². The van der Waals surface area contributed by atoms with Gasteiger partial charge in [0.05, 0.1) is 21.7 Å². The molecule has 1 N–H and O–H groups in total. The van der Waals surface area contributed by atoms with E-state index in [1.807, 2.05) is 178 Å². The fraction of sp³-hybridized carbons (Fsp3) is 0.0625. The number of benzene rings is 16. The van der Waals surface area contributed by atoms with Gasteiger partial charge in [0.2, 0.25) is 0 Å². The molecule has 16 rings (SSSR count). The summed E-state index contributed by atoms with van der Waals surface area (Å²) >= 11 is 0. The van der Waals surface area contributed by atoms with Crippen LogP contribution in [0.4, 0.5) is 0 Å². The molecule has 576 valence electrons. The number of aromatic hydroxyl groups is 1. The summed E-state index contributed by atoms with van der Waals surface area (Å²) < 4.78 is 18.2. The molecule has 0 radical (unpaired) electrons. The molecule has 16 aromatic rings. The van der Waals surface area contributed by atoms with E-state index in [0.717, 1.165) is 122 Å². The van der Waals surface area contributed by atoms with Crippen molar-refractivity contribution >= 4 is 36.1 Å². The molecule has 0 aromatic heterocycles. The number of rotatable bonds is 25. The van der Waals surface area contributed by atoms with E-state index in [4.69, 9.17) is 14.2 Å². The second kappa shape index (κ2) is 35.0. The predicted molar refractivity (Wildman–Crippen MR) is 479 cm³/mol. The van der Waals surface area contributed by atoms with E-state index in [0.29, 0.717) is 17.2 Å². The maximum atomic E-state index is 14.0. The number of phenolic OH excluding ortho intramolecular Hbond substituents is 1. The molecule has 0 aliphatic heterocycles. The molecule has 0 aliphatic carbocycles. The standard InChI is InChI=1S/C112H86O7/c1-80-77-99(55-49-83(80)52-74-106(114)117-103-68-60-96(61-69-103)109(86-31-13-4-14-32-86,87-33-15-5-16-34-87)88-35-17-6-18-36-88)112(95-58-66-102(113)67-59-95,100-56-50-84(81(2)78-100)53-75-107(115)118-104-70-62-97(63-71-104)110(89-37-19-7-20-38-89,90-39-21-8-22-40-90)91-41-23-9-24-42-91)101-57-51-85(82(3)79-101)54-76-108(116)119-105-72-64-98(65-73-105)111(92-43-25-10-26-44-92,93-45-27-11-28-46-93)94-47-29-12-30-48-94/h4-79,113H,1-3H3/b74-52+,75-53+,76-54+. The summed E-state index contributed by atoms with van der Waals surface area (Å²) in [7, 11) is 0. The molecule has 0 saturated carbocycles. The van der Waals surface area contributed by atoms with Gasteiger partial charge in [0, 0.05) is 18.2 Å². The van der Waals surface area contributed by atoms with Crippen molar-refractivity contribution in [3.63, 3.8) is 0 Å². The van der Waals surface area contributed by atoms with Gasteiger partial charge in [0.25, 0.3) is 0 Å². The van der Waals surface area contributed by atoms with Gasteiger partial charge in [-0.2, -0.15) is 0 Å². The highest BCUT2D eigenvalue weighted by atomic mass is 16.5. The van der Waals surface area contributed by atoms with Crippen molar-refractivity contribution in [3.8, 4) is 23.0 Å². The third kappa shape index (κ3) is 15.6. The monoisotopic (exact) mass is 1540 g/mol. The summed E-state index contributed by atoms with van der Waals surface area (Å²) in [5.74, 6) is -0.326. The van der Waals surface area contributed by atoms with Crippen LogP contribution < -0.4 is 14.2 Å². The van der Waals surface area contributed by atoms with E-state index < -0.39 is 39.6 Å². The van der Waals surface area contributed by atoms with Gasteiger partial charge in [-0.15, -0.1) is 0 Å². The van der Waals surface area contributed by atoms with Crippen LogP contribution in [0, 0.1) is 20.8 Å². The van der Waals surface area contributed by atoms with Crippen LogP contribution in [0.3, 0.4) is 0 Å². The summed E-state index contributed by atoms with van der Waals surface area (Å²) in [4.78, 5) is 42.1. The molecule has 0 aliphatic rings. The summed E-state index contributed by atoms with van der Waals surface area (Å²) in [5, 5.41) is 11.1. The highest BCUT2D eigenvalue weighted by Crippen LogP contribution is 2.51. The van der Waals surface area contributed by atoms with Crippen molar-refractivity contribution in [2.24, 2.45) is 0 Å². The first-order chi connectivity index (χ1) is 58.3. The van der Waals surface area contributed by atoms with Crippen LogP contribution in [0.5, 0.6) is 23.0 Å². The molecular formula is C112H86O7. The molecule has 0 heterocycles. The Morgan fingerprint density at radius 1 is 0.210 bits per heavy atom. The molecular weight excluding hydrogens is 1460 g/mol.